The molecule has 21 heavy (non-hydrogen) atoms. The lowest BCUT2D eigenvalue weighted by atomic mass is 10.1. The first-order valence-electron chi connectivity index (χ1n) is 6.97. The molecule has 1 saturated carbocycles. The lowest BCUT2D eigenvalue weighted by molar-refractivity contribution is -0.138. The van der Waals surface area contributed by atoms with Crippen molar-refractivity contribution in [2.45, 2.75) is 25.0 Å². The van der Waals surface area contributed by atoms with Crippen LogP contribution in [0.1, 0.15) is 24.8 Å². The van der Waals surface area contributed by atoms with Gasteiger partial charge in [-0.2, -0.15) is 0 Å². The Kier molecular flexibility index (Phi) is 3.76. The Hall–Kier alpha value is -1.75. The van der Waals surface area contributed by atoms with Crippen LogP contribution < -0.4 is 0 Å². The summed E-state index contributed by atoms with van der Waals surface area (Å²) >= 11 is 0. The molecule has 1 fully saturated rings. The molecule has 0 spiro atoms. The standard InChI is InChI=1S/C16H17NO3S/c18-15(19)9-16(6-7-16)11-21(20)10-12-5-8-17-14-4-2-1-3-13(12)14/h1-5,8H,6-7,9-11H2,(H,18,19). The van der Waals surface area contributed by atoms with Crippen LogP contribution in [0.4, 0.5) is 0 Å². The molecule has 1 aliphatic carbocycles. The molecular weight excluding hydrogens is 286 g/mol. The first-order valence-corrected chi connectivity index (χ1v) is 8.46. The summed E-state index contributed by atoms with van der Waals surface area (Å²) in [4.78, 5) is 15.2. The molecule has 1 N–H and O–H groups in total. The smallest absolute Gasteiger partial charge is 0.303 e. The van der Waals surface area contributed by atoms with Gasteiger partial charge in [0.05, 0.1) is 11.9 Å². The zero-order valence-corrected chi connectivity index (χ0v) is 12.4. The molecule has 5 heteroatoms. The van der Waals surface area contributed by atoms with Crippen LogP contribution in [0.3, 0.4) is 0 Å². The highest BCUT2D eigenvalue weighted by Crippen LogP contribution is 2.49. The van der Waals surface area contributed by atoms with Crippen LogP contribution >= 0.6 is 0 Å². The Bertz CT molecular complexity index is 704. The monoisotopic (exact) mass is 303 g/mol. The van der Waals surface area contributed by atoms with Crippen LogP contribution in [0.5, 0.6) is 0 Å². The normalized spacial score (nSPS) is 17.5. The highest BCUT2D eigenvalue weighted by atomic mass is 32.2. The van der Waals surface area contributed by atoms with Gasteiger partial charge in [0.2, 0.25) is 0 Å². The van der Waals surface area contributed by atoms with E-state index < -0.39 is 16.8 Å². The number of rotatable bonds is 6. The first kappa shape index (κ1) is 14.2. The Morgan fingerprint density at radius 2 is 2.05 bits per heavy atom. The Balaban J connectivity index is 1.74. The number of hydrogen-bond acceptors (Lipinski definition) is 3. The van der Waals surface area contributed by atoms with E-state index in [1.54, 1.807) is 6.20 Å². The number of carbonyl (C=O) groups is 1. The number of nitrogens with zero attached hydrogens (tertiary/aromatic N) is 1. The number of benzene rings is 1. The predicted octanol–water partition coefficient (Wildman–Crippen LogP) is 2.74. The number of carboxylic acids is 1. The first-order chi connectivity index (χ1) is 10.1. The maximum atomic E-state index is 12.4. The van der Waals surface area contributed by atoms with Gasteiger partial charge in [0.1, 0.15) is 0 Å². The van der Waals surface area contributed by atoms with Gasteiger partial charge in [0.25, 0.3) is 0 Å². The zero-order chi connectivity index (χ0) is 14.9. The second kappa shape index (κ2) is 5.56. The van der Waals surface area contributed by atoms with E-state index in [2.05, 4.69) is 4.98 Å². The molecule has 1 aliphatic rings. The summed E-state index contributed by atoms with van der Waals surface area (Å²) in [6.45, 7) is 0. The van der Waals surface area contributed by atoms with Crippen molar-refractivity contribution in [3.05, 3.63) is 42.1 Å². The van der Waals surface area contributed by atoms with E-state index in [0.29, 0.717) is 11.5 Å². The minimum Gasteiger partial charge on any atom is -0.481 e. The lowest BCUT2D eigenvalue weighted by Crippen LogP contribution is -2.17. The number of fused-ring (bicyclic) bond motifs is 1. The summed E-state index contributed by atoms with van der Waals surface area (Å²) in [5, 5.41) is 9.95. The third-order valence-corrected chi connectivity index (χ3v) is 5.57. The third kappa shape index (κ3) is 3.29. The van der Waals surface area contributed by atoms with Crippen molar-refractivity contribution < 1.29 is 14.1 Å². The van der Waals surface area contributed by atoms with E-state index in [9.17, 15) is 9.00 Å². The van der Waals surface area contributed by atoms with E-state index in [-0.39, 0.29) is 11.8 Å². The fourth-order valence-electron chi connectivity index (χ4n) is 2.72. The van der Waals surface area contributed by atoms with Gasteiger partial charge in [0.15, 0.2) is 0 Å². The topological polar surface area (TPSA) is 67.3 Å². The minimum atomic E-state index is -1.04. The van der Waals surface area contributed by atoms with Crippen molar-refractivity contribution in [3.63, 3.8) is 0 Å². The summed E-state index contributed by atoms with van der Waals surface area (Å²) in [7, 11) is -1.04. The maximum absolute atomic E-state index is 12.4. The second-order valence-corrected chi connectivity index (χ2v) is 7.24. The molecule has 1 aromatic carbocycles. The number of para-hydroxylation sites is 1. The Labute approximate surface area is 125 Å². The molecule has 0 bridgehead atoms. The molecule has 0 saturated heterocycles. The van der Waals surface area contributed by atoms with E-state index >= 15 is 0 Å². The van der Waals surface area contributed by atoms with Crippen molar-refractivity contribution in [1.82, 2.24) is 4.98 Å². The van der Waals surface area contributed by atoms with Gasteiger partial charge >= 0.3 is 5.97 Å². The minimum absolute atomic E-state index is 0.135. The zero-order valence-electron chi connectivity index (χ0n) is 11.6. The Morgan fingerprint density at radius 3 is 2.76 bits per heavy atom. The van der Waals surface area contributed by atoms with Crippen LogP contribution in [-0.2, 0) is 21.3 Å². The lowest BCUT2D eigenvalue weighted by Gasteiger charge is -2.12. The van der Waals surface area contributed by atoms with Gasteiger partial charge in [-0.25, -0.2) is 0 Å². The number of hydrogen-bond donors (Lipinski definition) is 1. The Morgan fingerprint density at radius 1 is 1.29 bits per heavy atom. The average Bonchev–Trinajstić information content (AvgIpc) is 3.17. The summed E-state index contributed by atoms with van der Waals surface area (Å²) < 4.78 is 12.4. The molecule has 0 aliphatic heterocycles. The third-order valence-electron chi connectivity index (χ3n) is 4.01. The molecule has 1 atom stereocenters. The quantitative estimate of drug-likeness (QED) is 0.891. The highest BCUT2D eigenvalue weighted by Gasteiger charge is 2.45. The molecule has 2 aromatic rings. The van der Waals surface area contributed by atoms with Crippen molar-refractivity contribution in [3.8, 4) is 0 Å². The van der Waals surface area contributed by atoms with Crippen molar-refractivity contribution in [2.75, 3.05) is 5.75 Å². The van der Waals surface area contributed by atoms with Crippen molar-refractivity contribution >= 4 is 27.7 Å². The van der Waals surface area contributed by atoms with Gasteiger partial charge in [0, 0.05) is 33.9 Å². The molecule has 0 radical (unpaired) electrons. The number of pyridine rings is 1. The average molecular weight is 303 g/mol. The van der Waals surface area contributed by atoms with Gasteiger partial charge in [-0.1, -0.05) is 18.2 Å². The molecular formula is C16H17NO3S. The van der Waals surface area contributed by atoms with E-state index in [4.69, 9.17) is 5.11 Å². The van der Waals surface area contributed by atoms with Gasteiger partial charge in [-0.3, -0.25) is 14.0 Å². The number of carboxylic acid groups (broad SMARTS) is 1. The maximum Gasteiger partial charge on any atom is 0.303 e. The van der Waals surface area contributed by atoms with Crippen molar-refractivity contribution in [1.29, 1.82) is 0 Å². The van der Waals surface area contributed by atoms with Gasteiger partial charge in [-0.15, -0.1) is 0 Å². The molecule has 3 rings (SSSR count). The summed E-state index contributed by atoms with van der Waals surface area (Å²) in [6, 6.07) is 9.70. The molecule has 4 nitrogen and oxygen atoms in total. The van der Waals surface area contributed by atoms with Gasteiger partial charge < -0.3 is 5.11 Å². The number of aromatic nitrogens is 1. The summed E-state index contributed by atoms with van der Waals surface area (Å²) in [5.74, 6) is 0.152. The van der Waals surface area contributed by atoms with E-state index in [1.807, 2.05) is 30.3 Å². The van der Waals surface area contributed by atoms with Gasteiger partial charge in [-0.05, 0) is 36.0 Å². The van der Waals surface area contributed by atoms with Crippen LogP contribution in [0.2, 0.25) is 0 Å². The van der Waals surface area contributed by atoms with Crippen LogP contribution in [0, 0.1) is 5.41 Å². The molecule has 0 amide bonds. The fourth-order valence-corrected chi connectivity index (χ4v) is 4.49. The molecule has 1 aromatic heterocycles. The van der Waals surface area contributed by atoms with Crippen LogP contribution in [0.25, 0.3) is 10.9 Å². The van der Waals surface area contributed by atoms with E-state index in [0.717, 1.165) is 29.3 Å². The summed E-state index contributed by atoms with van der Waals surface area (Å²) in [6.07, 6.45) is 3.62. The summed E-state index contributed by atoms with van der Waals surface area (Å²) in [5.41, 5.74) is 1.70. The number of aliphatic carboxylic acids is 1. The largest absolute Gasteiger partial charge is 0.481 e. The van der Waals surface area contributed by atoms with Crippen LogP contribution in [-0.4, -0.2) is 26.0 Å². The highest BCUT2D eigenvalue weighted by molar-refractivity contribution is 7.84. The van der Waals surface area contributed by atoms with E-state index in [1.165, 1.54) is 0 Å². The molecule has 110 valence electrons. The van der Waals surface area contributed by atoms with Crippen LogP contribution in [0.15, 0.2) is 36.5 Å². The SMILES string of the molecule is O=C(O)CC1(CS(=O)Cc2ccnc3ccccc23)CC1. The van der Waals surface area contributed by atoms with Crippen molar-refractivity contribution in [2.24, 2.45) is 5.41 Å². The second-order valence-electron chi connectivity index (χ2n) is 5.79. The molecule has 1 heterocycles. The fraction of sp³-hybridized carbons (Fsp3) is 0.375. The predicted molar refractivity (Wildman–Crippen MR) is 82.4 cm³/mol. The molecule has 1 unspecified atom stereocenters.